The lowest BCUT2D eigenvalue weighted by molar-refractivity contribution is -0.383. The molecule has 0 aliphatic heterocycles. The molecular formula is C13H10BrN3O3. The first-order valence-electron chi connectivity index (χ1n) is 5.59. The van der Waals surface area contributed by atoms with Crippen LogP contribution in [-0.2, 0) is 0 Å². The summed E-state index contributed by atoms with van der Waals surface area (Å²) in [6.07, 6.45) is 0. The molecule has 20 heavy (non-hydrogen) atoms. The summed E-state index contributed by atoms with van der Waals surface area (Å²) >= 11 is 3.31. The molecule has 0 saturated carbocycles. The van der Waals surface area contributed by atoms with Gasteiger partial charge in [-0.3, -0.25) is 14.9 Å². The van der Waals surface area contributed by atoms with Gasteiger partial charge in [-0.25, -0.2) is 0 Å². The van der Waals surface area contributed by atoms with E-state index in [-0.39, 0.29) is 16.9 Å². The summed E-state index contributed by atoms with van der Waals surface area (Å²) in [5.74, 6) is -0.390. The van der Waals surface area contributed by atoms with E-state index in [0.717, 1.165) is 4.47 Å². The zero-order valence-corrected chi connectivity index (χ0v) is 11.8. The van der Waals surface area contributed by atoms with Gasteiger partial charge in [-0.15, -0.1) is 0 Å². The molecule has 0 aliphatic carbocycles. The van der Waals surface area contributed by atoms with Gasteiger partial charge in [0.15, 0.2) is 0 Å². The van der Waals surface area contributed by atoms with Crippen molar-refractivity contribution in [2.24, 2.45) is 0 Å². The van der Waals surface area contributed by atoms with E-state index in [9.17, 15) is 14.9 Å². The van der Waals surface area contributed by atoms with Gasteiger partial charge >= 0.3 is 0 Å². The largest absolute Gasteiger partial charge is 0.393 e. The highest BCUT2D eigenvalue weighted by atomic mass is 79.9. The van der Waals surface area contributed by atoms with Crippen molar-refractivity contribution in [2.45, 2.75) is 0 Å². The first-order chi connectivity index (χ1) is 9.49. The molecule has 0 aliphatic rings. The number of anilines is 2. The number of nitrogens with zero attached hydrogens (tertiary/aromatic N) is 1. The topological polar surface area (TPSA) is 98.3 Å². The van der Waals surface area contributed by atoms with Crippen LogP contribution in [0.15, 0.2) is 46.9 Å². The molecule has 3 N–H and O–H groups in total. The molecule has 0 radical (unpaired) electrons. The van der Waals surface area contributed by atoms with Crippen LogP contribution in [0.25, 0.3) is 0 Å². The summed E-state index contributed by atoms with van der Waals surface area (Å²) in [4.78, 5) is 22.1. The molecule has 0 aromatic heterocycles. The van der Waals surface area contributed by atoms with Gasteiger partial charge in [0.05, 0.1) is 10.6 Å². The molecule has 0 saturated heterocycles. The number of amides is 1. The number of hydrogen-bond acceptors (Lipinski definition) is 4. The number of nitrogen functional groups attached to an aromatic ring is 1. The van der Waals surface area contributed by atoms with E-state index in [1.165, 1.54) is 18.2 Å². The third-order valence-corrected chi connectivity index (χ3v) is 3.30. The second-order valence-corrected chi connectivity index (χ2v) is 4.82. The zero-order chi connectivity index (χ0) is 14.7. The monoisotopic (exact) mass is 335 g/mol. The van der Waals surface area contributed by atoms with Gasteiger partial charge in [0.2, 0.25) is 0 Å². The number of nitrogens with one attached hydrogen (secondary N) is 1. The Balaban J connectivity index is 2.24. The second kappa shape index (κ2) is 5.70. The Morgan fingerprint density at radius 2 is 1.95 bits per heavy atom. The third kappa shape index (κ3) is 2.94. The summed E-state index contributed by atoms with van der Waals surface area (Å²) in [5.41, 5.74) is 6.15. The molecule has 0 unspecified atom stereocenters. The molecule has 2 aromatic rings. The van der Waals surface area contributed by atoms with E-state index in [2.05, 4.69) is 21.2 Å². The lowest BCUT2D eigenvalue weighted by Crippen LogP contribution is -2.12. The molecule has 0 fully saturated rings. The van der Waals surface area contributed by atoms with Gasteiger partial charge in [-0.05, 0) is 40.2 Å². The van der Waals surface area contributed by atoms with Crippen molar-refractivity contribution in [3.63, 3.8) is 0 Å². The fourth-order valence-electron chi connectivity index (χ4n) is 1.62. The SMILES string of the molecule is Nc1cc(C(=O)Nc2ccccc2Br)ccc1[N+](=O)[O-]. The third-order valence-electron chi connectivity index (χ3n) is 2.61. The van der Waals surface area contributed by atoms with Crippen LogP contribution in [0.4, 0.5) is 17.1 Å². The zero-order valence-electron chi connectivity index (χ0n) is 10.2. The fraction of sp³-hybridized carbons (Fsp3) is 0. The molecule has 2 rings (SSSR count). The lowest BCUT2D eigenvalue weighted by Gasteiger charge is -2.07. The maximum Gasteiger partial charge on any atom is 0.292 e. The number of nitro groups is 1. The Bertz CT molecular complexity index is 688. The molecule has 102 valence electrons. The number of carbonyl (C=O) groups is 1. The number of rotatable bonds is 3. The number of hydrogen-bond donors (Lipinski definition) is 2. The highest BCUT2D eigenvalue weighted by molar-refractivity contribution is 9.10. The molecule has 0 atom stereocenters. The number of nitro benzene ring substituents is 1. The smallest absolute Gasteiger partial charge is 0.292 e. The Labute approximate surface area is 122 Å². The van der Waals surface area contributed by atoms with Gasteiger partial charge in [0, 0.05) is 16.1 Å². The van der Waals surface area contributed by atoms with Gasteiger partial charge in [0.1, 0.15) is 5.69 Å². The summed E-state index contributed by atoms with van der Waals surface area (Å²) in [5, 5.41) is 13.3. The van der Waals surface area contributed by atoms with Crippen LogP contribution in [0, 0.1) is 10.1 Å². The van der Waals surface area contributed by atoms with Crippen LogP contribution in [0.1, 0.15) is 10.4 Å². The highest BCUT2D eigenvalue weighted by Gasteiger charge is 2.15. The fourth-order valence-corrected chi connectivity index (χ4v) is 2.00. The van der Waals surface area contributed by atoms with Gasteiger partial charge in [-0.2, -0.15) is 0 Å². The van der Waals surface area contributed by atoms with Gasteiger partial charge in [0.25, 0.3) is 11.6 Å². The quantitative estimate of drug-likeness (QED) is 0.511. The van der Waals surface area contributed by atoms with Crippen LogP contribution in [0.2, 0.25) is 0 Å². The van der Waals surface area contributed by atoms with Crippen molar-refractivity contribution >= 4 is 38.9 Å². The van der Waals surface area contributed by atoms with E-state index in [0.29, 0.717) is 5.69 Å². The van der Waals surface area contributed by atoms with E-state index in [4.69, 9.17) is 5.73 Å². The van der Waals surface area contributed by atoms with E-state index in [1.54, 1.807) is 18.2 Å². The van der Waals surface area contributed by atoms with Crippen molar-refractivity contribution in [3.05, 3.63) is 62.6 Å². The normalized spacial score (nSPS) is 10.1. The minimum Gasteiger partial charge on any atom is -0.393 e. The molecule has 7 heteroatoms. The average Bonchev–Trinajstić information content (AvgIpc) is 2.40. The summed E-state index contributed by atoms with van der Waals surface area (Å²) in [7, 11) is 0. The Morgan fingerprint density at radius 1 is 1.25 bits per heavy atom. The summed E-state index contributed by atoms with van der Waals surface area (Å²) in [6, 6.07) is 11.0. The minimum atomic E-state index is -0.592. The van der Waals surface area contributed by atoms with Crippen LogP contribution < -0.4 is 11.1 Å². The molecule has 2 aromatic carbocycles. The van der Waals surface area contributed by atoms with Crippen LogP contribution in [-0.4, -0.2) is 10.8 Å². The highest BCUT2D eigenvalue weighted by Crippen LogP contribution is 2.24. The predicted octanol–water partition coefficient (Wildman–Crippen LogP) is 3.19. The van der Waals surface area contributed by atoms with E-state index < -0.39 is 10.8 Å². The van der Waals surface area contributed by atoms with Crippen LogP contribution in [0.5, 0.6) is 0 Å². The molecule has 0 heterocycles. The lowest BCUT2D eigenvalue weighted by atomic mass is 10.1. The molecule has 6 nitrogen and oxygen atoms in total. The summed E-state index contributed by atoms with van der Waals surface area (Å²) in [6.45, 7) is 0. The molecule has 0 bridgehead atoms. The Morgan fingerprint density at radius 3 is 2.55 bits per heavy atom. The van der Waals surface area contributed by atoms with Crippen molar-refractivity contribution in [2.75, 3.05) is 11.1 Å². The van der Waals surface area contributed by atoms with Crippen molar-refractivity contribution in [1.29, 1.82) is 0 Å². The molecular weight excluding hydrogens is 326 g/mol. The number of benzene rings is 2. The maximum atomic E-state index is 12.0. The Hall–Kier alpha value is -2.41. The van der Waals surface area contributed by atoms with Crippen molar-refractivity contribution in [1.82, 2.24) is 0 Å². The number of halogens is 1. The summed E-state index contributed by atoms with van der Waals surface area (Å²) < 4.78 is 0.739. The number of carbonyl (C=O) groups excluding carboxylic acids is 1. The van der Waals surface area contributed by atoms with E-state index >= 15 is 0 Å². The van der Waals surface area contributed by atoms with Gasteiger partial charge in [-0.1, -0.05) is 12.1 Å². The maximum absolute atomic E-state index is 12.0. The first kappa shape index (κ1) is 14.0. The predicted molar refractivity (Wildman–Crippen MR) is 79.6 cm³/mol. The van der Waals surface area contributed by atoms with Crippen LogP contribution >= 0.6 is 15.9 Å². The standard InChI is InChI=1S/C13H10BrN3O3/c14-9-3-1-2-4-11(9)16-13(18)8-5-6-12(17(19)20)10(15)7-8/h1-7H,15H2,(H,16,18). The number of para-hydroxylation sites is 1. The van der Waals surface area contributed by atoms with Crippen LogP contribution in [0.3, 0.4) is 0 Å². The number of nitrogens with two attached hydrogens (primary N) is 1. The molecule has 1 amide bonds. The first-order valence-corrected chi connectivity index (χ1v) is 6.38. The minimum absolute atomic E-state index is 0.0465. The second-order valence-electron chi connectivity index (χ2n) is 3.96. The average molecular weight is 336 g/mol. The molecule has 0 spiro atoms. The van der Waals surface area contributed by atoms with E-state index in [1.807, 2.05) is 6.07 Å². The van der Waals surface area contributed by atoms with Crippen molar-refractivity contribution in [3.8, 4) is 0 Å². The Kier molecular flexibility index (Phi) is 3.99. The van der Waals surface area contributed by atoms with Crippen molar-refractivity contribution < 1.29 is 9.72 Å². The van der Waals surface area contributed by atoms with Gasteiger partial charge < -0.3 is 11.1 Å².